The molecule has 0 unspecified atom stereocenters. The Balaban J connectivity index is 0. The SMILES string of the molecule is CCCCCCCC/C=C\CCCCCCCC(=O)N[C@H](C(=O)O)[C@@H](C)O.[SrH2]. The van der Waals surface area contributed by atoms with Crippen LogP contribution in [0.25, 0.3) is 0 Å². The predicted molar refractivity (Wildman–Crippen MR) is 119 cm³/mol. The Labute approximate surface area is 209 Å². The Morgan fingerprint density at radius 3 is 1.79 bits per heavy atom. The molecule has 0 aliphatic rings. The summed E-state index contributed by atoms with van der Waals surface area (Å²) in [5, 5.41) is 20.6. The fourth-order valence-corrected chi connectivity index (χ4v) is 2.99. The molecule has 0 fully saturated rings. The van der Waals surface area contributed by atoms with Gasteiger partial charge in [-0.15, -0.1) is 0 Å². The van der Waals surface area contributed by atoms with Crippen molar-refractivity contribution < 1.29 is 19.8 Å². The van der Waals surface area contributed by atoms with Gasteiger partial charge in [-0.2, -0.15) is 0 Å². The van der Waals surface area contributed by atoms with E-state index in [-0.39, 0.29) is 51.4 Å². The zero-order valence-corrected chi connectivity index (χ0v) is 17.4. The number of unbranched alkanes of at least 4 members (excludes halogenated alkanes) is 11. The van der Waals surface area contributed by atoms with Crippen molar-refractivity contribution >= 4 is 57.4 Å². The van der Waals surface area contributed by atoms with Gasteiger partial charge in [0.2, 0.25) is 5.91 Å². The van der Waals surface area contributed by atoms with Crippen molar-refractivity contribution in [3.05, 3.63) is 12.2 Å². The van der Waals surface area contributed by atoms with Crippen molar-refractivity contribution in [2.24, 2.45) is 0 Å². The third kappa shape index (κ3) is 19.4. The van der Waals surface area contributed by atoms with E-state index in [2.05, 4.69) is 24.4 Å². The second-order valence-electron chi connectivity index (χ2n) is 7.46. The monoisotopic (exact) mass is 473 g/mol. The third-order valence-electron chi connectivity index (χ3n) is 4.73. The van der Waals surface area contributed by atoms with E-state index in [0.717, 1.165) is 32.1 Å². The molecule has 0 aromatic carbocycles. The number of nitrogens with one attached hydrogen (secondary N) is 1. The summed E-state index contributed by atoms with van der Waals surface area (Å²) in [4.78, 5) is 22.6. The Bertz CT molecular complexity index is 413. The zero-order chi connectivity index (χ0) is 20.3. The van der Waals surface area contributed by atoms with Crippen LogP contribution in [0.15, 0.2) is 12.2 Å². The van der Waals surface area contributed by atoms with Crippen LogP contribution in [0.2, 0.25) is 0 Å². The first kappa shape index (κ1) is 30.3. The number of carbonyl (C=O) groups excluding carboxylic acids is 1. The first-order valence-corrected chi connectivity index (χ1v) is 10.8. The molecule has 3 N–H and O–H groups in total. The molecule has 5 nitrogen and oxygen atoms in total. The number of aliphatic carboxylic acids is 1. The topological polar surface area (TPSA) is 86.6 Å². The summed E-state index contributed by atoms with van der Waals surface area (Å²) in [5.41, 5.74) is 0. The van der Waals surface area contributed by atoms with E-state index >= 15 is 0 Å². The van der Waals surface area contributed by atoms with Crippen molar-refractivity contribution in [1.82, 2.24) is 5.32 Å². The average molecular weight is 473 g/mol. The van der Waals surface area contributed by atoms with Crippen molar-refractivity contribution in [2.45, 2.75) is 116 Å². The van der Waals surface area contributed by atoms with Crippen molar-refractivity contribution in [3.63, 3.8) is 0 Å². The Hall–Kier alpha value is 0.121. The van der Waals surface area contributed by atoms with Gasteiger partial charge >= 0.3 is 51.5 Å². The summed E-state index contributed by atoms with van der Waals surface area (Å²) >= 11 is 0. The normalized spacial score (nSPS) is 13.1. The molecule has 0 aliphatic heterocycles. The Morgan fingerprint density at radius 1 is 0.857 bits per heavy atom. The van der Waals surface area contributed by atoms with Crippen LogP contribution >= 0.6 is 0 Å². The summed E-state index contributed by atoms with van der Waals surface area (Å²) in [5.74, 6) is -1.51. The fraction of sp³-hybridized carbons (Fsp3) is 0.818. The number of carboxylic acid groups (broad SMARTS) is 1. The summed E-state index contributed by atoms with van der Waals surface area (Å²) in [7, 11) is 0. The van der Waals surface area contributed by atoms with Crippen LogP contribution in [0.5, 0.6) is 0 Å². The summed E-state index contributed by atoms with van der Waals surface area (Å²) < 4.78 is 0. The van der Waals surface area contributed by atoms with E-state index in [4.69, 9.17) is 5.11 Å². The number of aliphatic hydroxyl groups excluding tert-OH is 1. The molecule has 0 aromatic heterocycles. The van der Waals surface area contributed by atoms with Gasteiger partial charge in [0.25, 0.3) is 0 Å². The number of carbonyl (C=O) groups is 2. The fourth-order valence-electron chi connectivity index (χ4n) is 2.99. The molecule has 0 radical (unpaired) electrons. The summed E-state index contributed by atoms with van der Waals surface area (Å²) in [6, 6.07) is -1.22. The van der Waals surface area contributed by atoms with Gasteiger partial charge in [-0.05, 0) is 39.0 Å². The van der Waals surface area contributed by atoms with Crippen LogP contribution in [0.4, 0.5) is 0 Å². The van der Waals surface area contributed by atoms with Gasteiger partial charge in [0, 0.05) is 6.42 Å². The molecule has 0 aliphatic carbocycles. The van der Waals surface area contributed by atoms with E-state index in [1.807, 2.05) is 0 Å². The van der Waals surface area contributed by atoms with Gasteiger partial charge in [0.1, 0.15) is 0 Å². The number of aliphatic hydroxyl groups is 1. The van der Waals surface area contributed by atoms with Crippen LogP contribution < -0.4 is 5.32 Å². The number of rotatable bonds is 18. The standard InChI is InChI=1S/C22H41NO4.Sr.2H/c1-3-4-5-6-7-8-9-10-11-12-13-14-15-16-17-18-20(25)23-21(19(2)24)22(26)27;;;/h10-11,19,21,24H,3-9,12-18H2,1-2H3,(H,23,25)(H,26,27);;;/b11-10-;;;/t19-,21+;;;/m1.../s1. The van der Waals surface area contributed by atoms with Gasteiger partial charge in [-0.1, -0.05) is 70.4 Å². The molecule has 28 heavy (non-hydrogen) atoms. The molecule has 0 bridgehead atoms. The van der Waals surface area contributed by atoms with Gasteiger partial charge in [0.15, 0.2) is 6.04 Å². The molecule has 0 saturated heterocycles. The van der Waals surface area contributed by atoms with Crippen LogP contribution in [-0.4, -0.2) is 79.7 Å². The maximum absolute atomic E-state index is 11.7. The molecular formula is C22H43NO4Sr. The molecule has 0 spiro atoms. The first-order chi connectivity index (χ1) is 13.0. The first-order valence-electron chi connectivity index (χ1n) is 10.8. The maximum atomic E-state index is 11.7. The number of allylic oxidation sites excluding steroid dienone is 2. The molecular weight excluding hydrogens is 430 g/mol. The zero-order valence-electron chi connectivity index (χ0n) is 17.4. The molecule has 162 valence electrons. The number of carboxylic acids is 1. The van der Waals surface area contributed by atoms with Gasteiger partial charge < -0.3 is 15.5 Å². The van der Waals surface area contributed by atoms with Crippen LogP contribution in [-0.2, 0) is 9.59 Å². The molecule has 6 heteroatoms. The Kier molecular flexibility index (Phi) is 23.6. The van der Waals surface area contributed by atoms with E-state index in [1.165, 1.54) is 58.3 Å². The molecule has 0 aromatic rings. The van der Waals surface area contributed by atoms with Crippen molar-refractivity contribution in [3.8, 4) is 0 Å². The van der Waals surface area contributed by atoms with Crippen LogP contribution in [0.3, 0.4) is 0 Å². The quantitative estimate of drug-likeness (QED) is 0.159. The van der Waals surface area contributed by atoms with E-state index in [1.54, 1.807) is 0 Å². The van der Waals surface area contributed by atoms with Crippen LogP contribution in [0, 0.1) is 0 Å². The second-order valence-corrected chi connectivity index (χ2v) is 7.46. The molecule has 2 atom stereocenters. The average Bonchev–Trinajstić information content (AvgIpc) is 2.62. The second kappa shape index (κ2) is 21.8. The molecule has 1 amide bonds. The van der Waals surface area contributed by atoms with E-state index in [0.29, 0.717) is 6.42 Å². The summed E-state index contributed by atoms with van der Waals surface area (Å²) in [6.45, 7) is 3.61. The number of hydrogen-bond acceptors (Lipinski definition) is 3. The number of amides is 1. The Morgan fingerprint density at radius 2 is 1.32 bits per heavy atom. The van der Waals surface area contributed by atoms with Gasteiger partial charge in [-0.3, -0.25) is 4.79 Å². The minimum absolute atomic E-state index is 0. The van der Waals surface area contributed by atoms with Gasteiger partial charge in [-0.25, -0.2) is 4.79 Å². The van der Waals surface area contributed by atoms with Crippen LogP contribution in [0.1, 0.15) is 104 Å². The molecule has 0 saturated carbocycles. The van der Waals surface area contributed by atoms with E-state index < -0.39 is 18.1 Å². The molecule has 0 rings (SSSR count). The number of hydrogen-bond donors (Lipinski definition) is 3. The van der Waals surface area contributed by atoms with E-state index in [9.17, 15) is 14.7 Å². The third-order valence-corrected chi connectivity index (χ3v) is 4.73. The van der Waals surface area contributed by atoms with Crippen molar-refractivity contribution in [2.75, 3.05) is 0 Å². The van der Waals surface area contributed by atoms with Gasteiger partial charge in [0.05, 0.1) is 6.10 Å². The van der Waals surface area contributed by atoms with Crippen molar-refractivity contribution in [1.29, 1.82) is 0 Å². The summed E-state index contributed by atoms with van der Waals surface area (Å²) in [6.07, 6.45) is 19.4. The minimum atomic E-state index is -1.22. The molecule has 0 heterocycles. The predicted octanol–water partition coefficient (Wildman–Crippen LogP) is 4.06.